The molecule has 0 radical (unpaired) electrons. The van der Waals surface area contributed by atoms with E-state index in [1.165, 1.54) is 23.9 Å². The molecule has 1 aliphatic rings. The normalized spacial score (nSPS) is 22.6. The molecule has 1 saturated heterocycles. The van der Waals surface area contributed by atoms with Gasteiger partial charge in [-0.1, -0.05) is 11.6 Å². The maximum absolute atomic E-state index is 12.9. The number of halogens is 4. The van der Waals surface area contributed by atoms with Crippen LogP contribution in [0.4, 0.5) is 13.2 Å². The smallest absolute Gasteiger partial charge is 0.394 e. The molecule has 0 saturated carbocycles. The van der Waals surface area contributed by atoms with Crippen molar-refractivity contribution >= 4 is 23.5 Å². The molecule has 9 heteroatoms. The number of rotatable bonds is 2. The molecule has 2 atom stereocenters. The van der Waals surface area contributed by atoms with Gasteiger partial charge in [-0.3, -0.25) is 9.59 Å². The van der Waals surface area contributed by atoms with Crippen LogP contribution in [0, 0.1) is 11.8 Å². The first kappa shape index (κ1) is 15.7. The number of aromatic nitrogens is 1. The number of carboxylic acid groups (broad SMARTS) is 1. The van der Waals surface area contributed by atoms with E-state index in [0.29, 0.717) is 0 Å². The van der Waals surface area contributed by atoms with E-state index in [-0.39, 0.29) is 10.7 Å². The van der Waals surface area contributed by atoms with E-state index in [4.69, 9.17) is 16.7 Å². The quantitative estimate of drug-likeness (QED) is 0.905. The second-order valence-electron chi connectivity index (χ2n) is 4.96. The number of amides is 1. The summed E-state index contributed by atoms with van der Waals surface area (Å²) in [5.41, 5.74) is 0.118. The van der Waals surface area contributed by atoms with Gasteiger partial charge < -0.3 is 14.6 Å². The predicted octanol–water partition coefficient (Wildman–Crippen LogP) is 2.01. The Morgan fingerprint density at radius 3 is 2.38 bits per heavy atom. The van der Waals surface area contributed by atoms with Crippen molar-refractivity contribution in [2.45, 2.75) is 6.18 Å². The number of aryl methyl sites for hydroxylation is 1. The maximum atomic E-state index is 12.9. The lowest BCUT2D eigenvalue weighted by molar-refractivity contribution is -0.187. The van der Waals surface area contributed by atoms with Crippen LogP contribution in [-0.4, -0.2) is 45.7 Å². The summed E-state index contributed by atoms with van der Waals surface area (Å²) >= 11 is 5.73. The highest BCUT2D eigenvalue weighted by Gasteiger charge is 2.53. The molecule has 0 aliphatic carbocycles. The zero-order chi connectivity index (χ0) is 15.9. The summed E-state index contributed by atoms with van der Waals surface area (Å²) in [7, 11) is 1.53. The summed E-state index contributed by atoms with van der Waals surface area (Å²) in [4.78, 5) is 24.1. The summed E-state index contributed by atoms with van der Waals surface area (Å²) in [5.74, 6) is -5.93. The van der Waals surface area contributed by atoms with Crippen LogP contribution in [0.15, 0.2) is 12.3 Å². The number of carboxylic acids is 1. The van der Waals surface area contributed by atoms with Crippen molar-refractivity contribution in [1.29, 1.82) is 0 Å². The summed E-state index contributed by atoms with van der Waals surface area (Å²) in [6.45, 7) is -1.14. The Labute approximate surface area is 122 Å². The Hall–Kier alpha value is -1.70. The van der Waals surface area contributed by atoms with E-state index in [1.807, 2.05) is 0 Å². The summed E-state index contributed by atoms with van der Waals surface area (Å²) < 4.78 is 40.0. The van der Waals surface area contributed by atoms with Crippen LogP contribution in [0.25, 0.3) is 0 Å². The third kappa shape index (κ3) is 2.99. The standard InChI is InChI=1S/C12H12ClF3N2O3/c1-17-3-6(13)2-9(17)10(19)18-4-7(11(20)21)8(5-18)12(14,15)16/h2-3,7-8H,4-5H2,1H3,(H,20,21)/t7-,8-/m1/s1. The Kier molecular flexibility index (Phi) is 3.92. The van der Waals surface area contributed by atoms with E-state index < -0.39 is 43.0 Å². The fraction of sp³-hybridized carbons (Fsp3) is 0.500. The number of hydrogen-bond acceptors (Lipinski definition) is 2. The molecule has 21 heavy (non-hydrogen) atoms. The van der Waals surface area contributed by atoms with Crippen LogP contribution in [-0.2, 0) is 11.8 Å². The van der Waals surface area contributed by atoms with Crippen LogP contribution >= 0.6 is 11.6 Å². The Bertz CT molecular complexity index is 585. The van der Waals surface area contributed by atoms with Crippen molar-refractivity contribution in [3.8, 4) is 0 Å². The zero-order valence-electron chi connectivity index (χ0n) is 10.9. The molecule has 2 heterocycles. The molecule has 1 N–H and O–H groups in total. The molecule has 2 rings (SSSR count). The second-order valence-corrected chi connectivity index (χ2v) is 5.39. The number of hydrogen-bond donors (Lipinski definition) is 1. The number of aliphatic carboxylic acids is 1. The lowest BCUT2D eigenvalue weighted by Crippen LogP contribution is -2.34. The average molecular weight is 325 g/mol. The molecule has 0 aromatic carbocycles. The van der Waals surface area contributed by atoms with Gasteiger partial charge in [-0.2, -0.15) is 13.2 Å². The van der Waals surface area contributed by atoms with Gasteiger partial charge in [0, 0.05) is 26.3 Å². The minimum Gasteiger partial charge on any atom is -0.481 e. The average Bonchev–Trinajstić information content (AvgIpc) is 2.91. The Morgan fingerprint density at radius 2 is 2.00 bits per heavy atom. The van der Waals surface area contributed by atoms with E-state index in [0.717, 1.165) is 4.90 Å². The van der Waals surface area contributed by atoms with Crippen molar-refractivity contribution in [3.05, 3.63) is 23.0 Å². The molecule has 1 aromatic heterocycles. The van der Waals surface area contributed by atoms with Crippen LogP contribution in [0.1, 0.15) is 10.5 Å². The molecule has 1 aliphatic heterocycles. The largest absolute Gasteiger partial charge is 0.481 e. The van der Waals surface area contributed by atoms with Gasteiger partial charge in [-0.15, -0.1) is 0 Å². The van der Waals surface area contributed by atoms with Crippen LogP contribution in [0.2, 0.25) is 5.02 Å². The van der Waals surface area contributed by atoms with Gasteiger partial charge in [0.1, 0.15) is 5.69 Å². The van der Waals surface area contributed by atoms with Gasteiger partial charge in [0.25, 0.3) is 5.91 Å². The second kappa shape index (κ2) is 5.25. The fourth-order valence-corrected chi connectivity index (χ4v) is 2.70. The predicted molar refractivity (Wildman–Crippen MR) is 67.0 cm³/mol. The Balaban J connectivity index is 2.25. The highest BCUT2D eigenvalue weighted by molar-refractivity contribution is 6.31. The van der Waals surface area contributed by atoms with Crippen molar-refractivity contribution in [1.82, 2.24) is 9.47 Å². The van der Waals surface area contributed by atoms with Gasteiger partial charge in [0.15, 0.2) is 0 Å². The van der Waals surface area contributed by atoms with Gasteiger partial charge >= 0.3 is 12.1 Å². The first-order valence-electron chi connectivity index (χ1n) is 6.02. The number of carbonyl (C=O) groups is 2. The molecule has 0 spiro atoms. The third-order valence-corrected chi connectivity index (χ3v) is 3.74. The molecule has 116 valence electrons. The van der Waals surface area contributed by atoms with Gasteiger partial charge in [0.2, 0.25) is 0 Å². The maximum Gasteiger partial charge on any atom is 0.394 e. The number of nitrogens with zero attached hydrogens (tertiary/aromatic N) is 2. The van der Waals surface area contributed by atoms with E-state index in [1.54, 1.807) is 0 Å². The molecule has 1 amide bonds. The van der Waals surface area contributed by atoms with E-state index in [2.05, 4.69) is 0 Å². The minimum atomic E-state index is -4.66. The third-order valence-electron chi connectivity index (χ3n) is 3.54. The zero-order valence-corrected chi connectivity index (χ0v) is 11.6. The van der Waals surface area contributed by atoms with E-state index in [9.17, 15) is 22.8 Å². The lowest BCUT2D eigenvalue weighted by Gasteiger charge is -2.18. The van der Waals surface area contributed by atoms with Crippen LogP contribution < -0.4 is 0 Å². The molecule has 1 aromatic rings. The van der Waals surface area contributed by atoms with Crippen molar-refractivity contribution in [2.24, 2.45) is 18.9 Å². The summed E-state index contributed by atoms with van der Waals surface area (Å²) in [6.07, 6.45) is -3.22. The molecular formula is C12H12ClF3N2O3. The topological polar surface area (TPSA) is 62.5 Å². The van der Waals surface area contributed by atoms with Crippen molar-refractivity contribution < 1.29 is 27.9 Å². The number of alkyl halides is 3. The number of carbonyl (C=O) groups excluding carboxylic acids is 1. The van der Waals surface area contributed by atoms with Gasteiger partial charge in [-0.25, -0.2) is 0 Å². The van der Waals surface area contributed by atoms with E-state index >= 15 is 0 Å². The van der Waals surface area contributed by atoms with Gasteiger partial charge in [0.05, 0.1) is 16.9 Å². The highest BCUT2D eigenvalue weighted by atomic mass is 35.5. The molecule has 0 unspecified atom stereocenters. The lowest BCUT2D eigenvalue weighted by atomic mass is 9.96. The van der Waals surface area contributed by atoms with Crippen LogP contribution in [0.5, 0.6) is 0 Å². The fourth-order valence-electron chi connectivity index (χ4n) is 2.45. The van der Waals surface area contributed by atoms with Gasteiger partial charge in [-0.05, 0) is 6.07 Å². The Morgan fingerprint density at radius 1 is 1.38 bits per heavy atom. The van der Waals surface area contributed by atoms with Crippen LogP contribution in [0.3, 0.4) is 0 Å². The summed E-state index contributed by atoms with van der Waals surface area (Å²) in [6, 6.07) is 1.33. The molecule has 0 bridgehead atoms. The monoisotopic (exact) mass is 324 g/mol. The van der Waals surface area contributed by atoms with Crippen molar-refractivity contribution in [2.75, 3.05) is 13.1 Å². The minimum absolute atomic E-state index is 0.118. The number of likely N-dealkylation sites (tertiary alicyclic amines) is 1. The summed E-state index contributed by atoms with van der Waals surface area (Å²) in [5, 5.41) is 9.19. The molecular weight excluding hydrogens is 313 g/mol. The molecule has 1 fully saturated rings. The molecule has 5 nitrogen and oxygen atoms in total. The first-order chi connectivity index (χ1) is 9.61. The first-order valence-corrected chi connectivity index (χ1v) is 6.39. The van der Waals surface area contributed by atoms with Crippen molar-refractivity contribution in [3.63, 3.8) is 0 Å². The SMILES string of the molecule is Cn1cc(Cl)cc1C(=O)N1C[C@@H](C(F)(F)F)[C@H](C(=O)O)C1. The highest BCUT2D eigenvalue weighted by Crippen LogP contribution is 2.38.